The number of esters is 3. The standard InChI is InChI=1S/C46H54N4O12S2/c1-8-46(6,7)45(59)62-22-17-23-63-26(4)40(53)49-38-36(43(57)60-9-2)34(28-18-13-11-14-19-28)30(47-38)24-31-35(29-20-15-12-16-21-29)37(44(58)61-10-3)39(48-31)50-41(54)27(5)64-32(42(55)56)25-33(51)52/h11-16,18-21,24,26-27,32,47H,8-10,17,22-23,25H2,1-7H3,(H,49,53)(H,51,52)(H,55,56)(H,48,50,54). The number of thioether (sulfide) groups is 2. The number of ether oxygens (including phenoxy) is 3. The molecule has 0 saturated heterocycles. The van der Waals surface area contributed by atoms with Crippen LogP contribution in [0.15, 0.2) is 76.9 Å². The molecule has 2 amide bonds. The molecule has 342 valence electrons. The van der Waals surface area contributed by atoms with Crippen molar-refractivity contribution < 1.29 is 58.0 Å². The monoisotopic (exact) mass is 918 g/mol. The van der Waals surface area contributed by atoms with Gasteiger partial charge in [-0.1, -0.05) is 67.6 Å². The van der Waals surface area contributed by atoms with Crippen LogP contribution in [0, 0.1) is 5.41 Å². The van der Waals surface area contributed by atoms with E-state index in [-0.39, 0.29) is 65.5 Å². The minimum Gasteiger partial charge on any atom is -0.481 e. The van der Waals surface area contributed by atoms with Gasteiger partial charge in [-0.3, -0.25) is 24.0 Å². The van der Waals surface area contributed by atoms with Crippen molar-refractivity contribution in [1.82, 2.24) is 10.3 Å². The number of nitrogens with zero attached hydrogens (tertiary/aromatic N) is 1. The Morgan fingerprint density at radius 3 is 1.98 bits per heavy atom. The topological polar surface area (TPSA) is 240 Å². The van der Waals surface area contributed by atoms with E-state index in [2.05, 4.69) is 15.6 Å². The lowest BCUT2D eigenvalue weighted by atomic mass is 9.91. The van der Waals surface area contributed by atoms with Crippen LogP contribution in [0.4, 0.5) is 5.82 Å². The summed E-state index contributed by atoms with van der Waals surface area (Å²) in [6, 6.07) is 17.6. The lowest BCUT2D eigenvalue weighted by molar-refractivity contribution is -0.154. The number of carbonyl (C=O) groups is 7. The highest BCUT2D eigenvalue weighted by atomic mass is 32.2. The highest BCUT2D eigenvalue weighted by molar-refractivity contribution is 8.01. The Hall–Kier alpha value is -6.14. The van der Waals surface area contributed by atoms with Crippen LogP contribution >= 0.6 is 23.5 Å². The maximum atomic E-state index is 13.9. The summed E-state index contributed by atoms with van der Waals surface area (Å²) in [7, 11) is 0. The zero-order valence-corrected chi connectivity index (χ0v) is 38.4. The first-order valence-corrected chi connectivity index (χ1v) is 22.7. The van der Waals surface area contributed by atoms with Crippen LogP contribution in [-0.4, -0.2) is 104 Å². The minimum absolute atomic E-state index is 0.0162. The first kappa shape index (κ1) is 50.5. The molecule has 1 aromatic heterocycles. The molecule has 64 heavy (non-hydrogen) atoms. The Morgan fingerprint density at radius 2 is 1.41 bits per heavy atom. The van der Waals surface area contributed by atoms with Gasteiger partial charge in [-0.15, -0.1) is 23.5 Å². The number of H-pyrrole nitrogens is 1. The number of nitrogens with one attached hydrogen (secondary N) is 3. The number of anilines is 1. The predicted octanol–water partition coefficient (Wildman–Crippen LogP) is 7.22. The van der Waals surface area contributed by atoms with E-state index in [4.69, 9.17) is 19.2 Å². The Labute approximate surface area is 380 Å². The second-order valence-electron chi connectivity index (χ2n) is 15.0. The van der Waals surface area contributed by atoms with Crippen molar-refractivity contribution in [2.45, 2.75) is 83.5 Å². The highest BCUT2D eigenvalue weighted by Gasteiger charge is 2.36. The van der Waals surface area contributed by atoms with Gasteiger partial charge >= 0.3 is 29.8 Å². The molecule has 5 N–H and O–H groups in total. The van der Waals surface area contributed by atoms with E-state index < -0.39 is 63.3 Å². The molecule has 16 nitrogen and oxygen atoms in total. The molecule has 3 aromatic rings. The number of carboxylic acids is 2. The van der Waals surface area contributed by atoms with Gasteiger partial charge in [0.15, 0.2) is 0 Å². The SMILES string of the molecule is CCOC(=O)C1=C(c2ccccc2)C(=Cc2[nH]c(NC(=O)C(C)SCCCOC(=O)C(C)(C)CC)c(C(=O)OCC)c2-c2ccccc2)N=C1NC(=O)C(C)SC(CC(=O)O)C(=O)O. The van der Waals surface area contributed by atoms with Crippen molar-refractivity contribution in [3.8, 4) is 11.1 Å². The van der Waals surface area contributed by atoms with Crippen LogP contribution in [0.3, 0.4) is 0 Å². The molecular weight excluding hydrogens is 865 g/mol. The third-order valence-corrected chi connectivity index (χ3v) is 12.5. The number of aliphatic imine (C=N–C) groups is 1. The van der Waals surface area contributed by atoms with E-state index in [1.54, 1.807) is 87.5 Å². The van der Waals surface area contributed by atoms with Gasteiger partial charge in [0, 0.05) is 11.1 Å². The fourth-order valence-electron chi connectivity index (χ4n) is 6.15. The number of carboxylic acid groups (broad SMARTS) is 2. The first-order chi connectivity index (χ1) is 30.4. The van der Waals surface area contributed by atoms with Crippen LogP contribution < -0.4 is 10.6 Å². The van der Waals surface area contributed by atoms with Gasteiger partial charge in [0.2, 0.25) is 11.8 Å². The maximum absolute atomic E-state index is 13.9. The van der Waals surface area contributed by atoms with Crippen molar-refractivity contribution in [3.63, 3.8) is 0 Å². The molecule has 1 aliphatic rings. The molecule has 2 aromatic carbocycles. The summed E-state index contributed by atoms with van der Waals surface area (Å²) < 4.78 is 16.4. The van der Waals surface area contributed by atoms with Gasteiger partial charge in [-0.05, 0) is 77.3 Å². The third kappa shape index (κ3) is 13.2. The van der Waals surface area contributed by atoms with Gasteiger partial charge in [0.05, 0.1) is 53.5 Å². The lowest BCUT2D eigenvalue weighted by Gasteiger charge is -2.20. The normalized spacial score (nSPS) is 14.5. The van der Waals surface area contributed by atoms with E-state index in [0.29, 0.717) is 47.0 Å². The summed E-state index contributed by atoms with van der Waals surface area (Å²) in [6.45, 7) is 12.1. The number of amidine groups is 1. The average molecular weight is 919 g/mol. The van der Waals surface area contributed by atoms with Crippen LogP contribution in [0.2, 0.25) is 0 Å². The van der Waals surface area contributed by atoms with E-state index in [1.807, 2.05) is 20.8 Å². The number of aromatic nitrogens is 1. The van der Waals surface area contributed by atoms with Gasteiger partial charge in [-0.2, -0.15) is 0 Å². The molecule has 18 heteroatoms. The fraction of sp³-hybridized carbons (Fsp3) is 0.391. The van der Waals surface area contributed by atoms with E-state index in [1.165, 1.54) is 18.7 Å². The average Bonchev–Trinajstić information content (AvgIpc) is 3.80. The summed E-state index contributed by atoms with van der Waals surface area (Å²) in [6.07, 6.45) is 1.98. The molecule has 0 spiro atoms. The number of aromatic amines is 1. The van der Waals surface area contributed by atoms with Gasteiger partial charge in [0.25, 0.3) is 0 Å². The number of allylic oxidation sites excluding steroid dienone is 1. The highest BCUT2D eigenvalue weighted by Crippen LogP contribution is 2.40. The molecule has 3 atom stereocenters. The third-order valence-electron chi connectivity index (χ3n) is 9.93. The Morgan fingerprint density at radius 1 is 0.812 bits per heavy atom. The second kappa shape index (κ2) is 23.5. The van der Waals surface area contributed by atoms with Crippen LogP contribution in [0.1, 0.15) is 89.3 Å². The summed E-state index contributed by atoms with van der Waals surface area (Å²) in [5, 5.41) is 21.2. The first-order valence-electron chi connectivity index (χ1n) is 20.7. The zero-order chi connectivity index (χ0) is 47.1. The number of hydrogen-bond donors (Lipinski definition) is 5. The Balaban J connectivity index is 1.83. The summed E-state index contributed by atoms with van der Waals surface area (Å²) in [5.74, 6) is -5.49. The van der Waals surface area contributed by atoms with Crippen molar-refractivity contribution in [3.05, 3.63) is 88.8 Å². The van der Waals surface area contributed by atoms with Crippen LogP contribution in [0.5, 0.6) is 0 Å². The predicted molar refractivity (Wildman–Crippen MR) is 247 cm³/mol. The van der Waals surface area contributed by atoms with Gasteiger partial charge in [0.1, 0.15) is 28.0 Å². The van der Waals surface area contributed by atoms with Gasteiger partial charge < -0.3 is 40.0 Å². The Kier molecular flexibility index (Phi) is 18.6. The van der Waals surface area contributed by atoms with Gasteiger partial charge in [-0.25, -0.2) is 14.6 Å². The molecule has 0 aliphatic carbocycles. The smallest absolute Gasteiger partial charge is 0.342 e. The Bertz CT molecular complexity index is 2300. The molecule has 0 fully saturated rings. The van der Waals surface area contributed by atoms with Crippen molar-refractivity contribution in [2.24, 2.45) is 10.4 Å². The van der Waals surface area contributed by atoms with E-state index >= 15 is 0 Å². The maximum Gasteiger partial charge on any atom is 0.342 e. The molecule has 1 aliphatic heterocycles. The number of rotatable bonds is 22. The van der Waals surface area contributed by atoms with E-state index in [0.717, 1.165) is 0 Å². The second-order valence-corrected chi connectivity index (χ2v) is 18.0. The summed E-state index contributed by atoms with van der Waals surface area (Å²) >= 11 is 1.96. The summed E-state index contributed by atoms with van der Waals surface area (Å²) in [4.78, 5) is 98.6. The molecule has 0 saturated carbocycles. The molecule has 4 rings (SSSR count). The number of amides is 2. The van der Waals surface area contributed by atoms with Crippen LogP contribution in [0.25, 0.3) is 22.8 Å². The van der Waals surface area contributed by atoms with Crippen molar-refractivity contribution in [1.29, 1.82) is 0 Å². The van der Waals surface area contributed by atoms with Crippen LogP contribution in [-0.2, 0) is 43.0 Å². The minimum atomic E-state index is -1.44. The van der Waals surface area contributed by atoms with Crippen molar-refractivity contribution in [2.75, 3.05) is 30.9 Å². The largest absolute Gasteiger partial charge is 0.481 e. The zero-order valence-electron chi connectivity index (χ0n) is 36.8. The molecule has 0 radical (unpaired) electrons. The molecule has 0 bridgehead atoms. The molecule has 2 heterocycles. The molecule has 3 unspecified atom stereocenters. The number of hydrogen-bond acceptors (Lipinski definition) is 13. The quantitative estimate of drug-likeness (QED) is 0.0380. The van der Waals surface area contributed by atoms with E-state index in [9.17, 15) is 43.8 Å². The molecular formula is C46H54N4O12S2. The number of benzene rings is 2. The number of aliphatic carboxylic acids is 2. The fourth-order valence-corrected chi connectivity index (χ4v) is 8.02. The summed E-state index contributed by atoms with van der Waals surface area (Å²) in [5.41, 5.74) is 1.35. The number of carbonyl (C=O) groups excluding carboxylic acids is 5. The lowest BCUT2D eigenvalue weighted by Crippen LogP contribution is -2.39. The van der Waals surface area contributed by atoms with Crippen molar-refractivity contribution >= 4 is 88.5 Å².